The van der Waals surface area contributed by atoms with Crippen LogP contribution in [0.25, 0.3) is 0 Å². The summed E-state index contributed by atoms with van der Waals surface area (Å²) in [6, 6.07) is 0.0787. The number of ether oxygens (including phenoxy) is 1. The van der Waals surface area contributed by atoms with E-state index in [4.69, 9.17) is 9.84 Å². The molecule has 0 aromatic carbocycles. The van der Waals surface area contributed by atoms with Crippen molar-refractivity contribution >= 4 is 5.97 Å². The zero-order valence-electron chi connectivity index (χ0n) is 8.66. The Kier molecular flexibility index (Phi) is 4.90. The predicted octanol–water partition coefficient (Wildman–Crippen LogP) is 0.866. The Balaban J connectivity index is 2.51. The Morgan fingerprint density at radius 2 is 2.36 bits per heavy atom. The highest BCUT2D eigenvalue weighted by atomic mass is 16.5. The van der Waals surface area contributed by atoms with E-state index in [0.717, 1.165) is 25.8 Å². The minimum absolute atomic E-state index is 0.0787. The summed E-state index contributed by atoms with van der Waals surface area (Å²) in [6.45, 7) is 1.23. The Morgan fingerprint density at radius 1 is 1.57 bits per heavy atom. The third-order valence-electron chi connectivity index (χ3n) is 2.75. The smallest absolute Gasteiger partial charge is 0.310 e. The standard InChI is InChI=1S/C10H19NO3/c1-14-7-8(10(12)13)9-5-3-2-4-6-11-9/h8-9,11H,2-7H2,1H3,(H,12,13). The molecule has 2 atom stereocenters. The lowest BCUT2D eigenvalue weighted by Gasteiger charge is -2.22. The summed E-state index contributed by atoms with van der Waals surface area (Å²) in [5.74, 6) is -1.16. The van der Waals surface area contributed by atoms with E-state index >= 15 is 0 Å². The van der Waals surface area contributed by atoms with Gasteiger partial charge < -0.3 is 15.2 Å². The van der Waals surface area contributed by atoms with Gasteiger partial charge in [-0.3, -0.25) is 4.79 Å². The van der Waals surface area contributed by atoms with Crippen molar-refractivity contribution in [3.8, 4) is 0 Å². The van der Waals surface area contributed by atoms with Crippen LogP contribution in [0.1, 0.15) is 25.7 Å². The van der Waals surface area contributed by atoms with Crippen molar-refractivity contribution in [1.82, 2.24) is 5.32 Å². The highest BCUT2D eigenvalue weighted by Gasteiger charge is 2.28. The van der Waals surface area contributed by atoms with Crippen molar-refractivity contribution in [2.24, 2.45) is 5.92 Å². The number of aliphatic carboxylic acids is 1. The van der Waals surface area contributed by atoms with Crippen molar-refractivity contribution in [2.75, 3.05) is 20.3 Å². The zero-order chi connectivity index (χ0) is 10.4. The minimum Gasteiger partial charge on any atom is -0.481 e. The van der Waals surface area contributed by atoms with Gasteiger partial charge >= 0.3 is 5.97 Å². The largest absolute Gasteiger partial charge is 0.481 e. The highest BCUT2D eigenvalue weighted by molar-refractivity contribution is 5.71. The quantitative estimate of drug-likeness (QED) is 0.708. The van der Waals surface area contributed by atoms with Gasteiger partial charge in [-0.05, 0) is 19.4 Å². The number of carboxylic acids is 1. The zero-order valence-corrected chi connectivity index (χ0v) is 8.66. The van der Waals surface area contributed by atoms with E-state index in [-0.39, 0.29) is 6.04 Å². The van der Waals surface area contributed by atoms with Crippen molar-refractivity contribution in [1.29, 1.82) is 0 Å². The van der Waals surface area contributed by atoms with Crippen molar-refractivity contribution in [3.63, 3.8) is 0 Å². The molecule has 0 aliphatic carbocycles. The highest BCUT2D eigenvalue weighted by Crippen LogP contribution is 2.16. The summed E-state index contributed by atoms with van der Waals surface area (Å²) in [5, 5.41) is 12.3. The lowest BCUT2D eigenvalue weighted by atomic mass is 9.96. The van der Waals surface area contributed by atoms with Gasteiger partial charge in [-0.1, -0.05) is 12.8 Å². The maximum absolute atomic E-state index is 11.0. The average molecular weight is 201 g/mol. The normalized spacial score (nSPS) is 25.4. The molecule has 1 heterocycles. The molecule has 0 bridgehead atoms. The van der Waals surface area contributed by atoms with Crippen molar-refractivity contribution in [3.05, 3.63) is 0 Å². The molecule has 4 heteroatoms. The van der Waals surface area contributed by atoms with Gasteiger partial charge in [0.2, 0.25) is 0 Å². The fraction of sp³-hybridized carbons (Fsp3) is 0.900. The third kappa shape index (κ3) is 3.27. The van der Waals surface area contributed by atoms with Crippen LogP contribution in [-0.4, -0.2) is 37.4 Å². The van der Waals surface area contributed by atoms with Gasteiger partial charge in [-0.15, -0.1) is 0 Å². The van der Waals surface area contributed by atoms with Crippen LogP contribution in [0.3, 0.4) is 0 Å². The lowest BCUT2D eigenvalue weighted by Crippen LogP contribution is -2.41. The van der Waals surface area contributed by atoms with Crippen molar-refractivity contribution in [2.45, 2.75) is 31.7 Å². The van der Waals surface area contributed by atoms with Crippen LogP contribution >= 0.6 is 0 Å². The van der Waals surface area contributed by atoms with E-state index in [1.807, 2.05) is 0 Å². The Labute approximate surface area is 84.6 Å². The summed E-state index contributed by atoms with van der Waals surface area (Å²) in [6.07, 6.45) is 4.41. The molecular weight excluding hydrogens is 182 g/mol. The molecule has 1 rings (SSSR count). The van der Waals surface area contributed by atoms with Gasteiger partial charge in [-0.2, -0.15) is 0 Å². The first-order valence-electron chi connectivity index (χ1n) is 5.21. The molecule has 0 radical (unpaired) electrons. The molecule has 0 spiro atoms. The van der Waals surface area contributed by atoms with E-state index in [1.54, 1.807) is 7.11 Å². The molecule has 1 aliphatic rings. The first-order valence-corrected chi connectivity index (χ1v) is 5.21. The fourth-order valence-corrected chi connectivity index (χ4v) is 1.94. The van der Waals surface area contributed by atoms with Crippen LogP contribution in [0, 0.1) is 5.92 Å². The summed E-state index contributed by atoms with van der Waals surface area (Å²) in [7, 11) is 1.55. The molecule has 0 aromatic rings. The SMILES string of the molecule is COCC(C(=O)O)C1CCCCCN1. The molecular formula is C10H19NO3. The van der Waals surface area contributed by atoms with Gasteiger partial charge in [0.05, 0.1) is 12.5 Å². The first-order chi connectivity index (χ1) is 6.75. The molecule has 1 saturated heterocycles. The number of carbonyl (C=O) groups is 1. The molecule has 2 unspecified atom stereocenters. The predicted molar refractivity (Wildman–Crippen MR) is 53.3 cm³/mol. The van der Waals surface area contributed by atoms with Crippen LogP contribution in [0.5, 0.6) is 0 Å². The van der Waals surface area contributed by atoms with Gasteiger partial charge in [0.15, 0.2) is 0 Å². The first kappa shape index (κ1) is 11.5. The molecule has 82 valence electrons. The molecule has 0 amide bonds. The van der Waals surface area contributed by atoms with Crippen LogP contribution in [0.2, 0.25) is 0 Å². The monoisotopic (exact) mass is 201 g/mol. The molecule has 1 aliphatic heterocycles. The Bertz CT molecular complexity index is 176. The lowest BCUT2D eigenvalue weighted by molar-refractivity contribution is -0.144. The molecule has 4 nitrogen and oxygen atoms in total. The molecule has 2 N–H and O–H groups in total. The number of methoxy groups -OCH3 is 1. The van der Waals surface area contributed by atoms with E-state index in [2.05, 4.69) is 5.32 Å². The Hall–Kier alpha value is -0.610. The summed E-state index contributed by atoms with van der Waals surface area (Å²) < 4.78 is 4.94. The molecule has 1 fully saturated rings. The summed E-state index contributed by atoms with van der Waals surface area (Å²) >= 11 is 0. The summed E-state index contributed by atoms with van der Waals surface area (Å²) in [4.78, 5) is 11.0. The van der Waals surface area contributed by atoms with Crippen LogP contribution in [-0.2, 0) is 9.53 Å². The van der Waals surface area contributed by atoms with Crippen LogP contribution in [0.4, 0.5) is 0 Å². The number of nitrogens with one attached hydrogen (secondary N) is 1. The van der Waals surface area contributed by atoms with Crippen LogP contribution < -0.4 is 5.32 Å². The number of hydrogen-bond donors (Lipinski definition) is 2. The second-order valence-electron chi connectivity index (χ2n) is 3.81. The van der Waals surface area contributed by atoms with E-state index in [1.165, 1.54) is 6.42 Å². The van der Waals surface area contributed by atoms with Gasteiger partial charge in [-0.25, -0.2) is 0 Å². The second kappa shape index (κ2) is 5.98. The Morgan fingerprint density at radius 3 is 3.00 bits per heavy atom. The van der Waals surface area contributed by atoms with E-state index in [9.17, 15) is 4.79 Å². The minimum atomic E-state index is -0.758. The number of rotatable bonds is 4. The second-order valence-corrected chi connectivity index (χ2v) is 3.81. The molecule has 14 heavy (non-hydrogen) atoms. The third-order valence-corrected chi connectivity index (χ3v) is 2.75. The maximum Gasteiger partial charge on any atom is 0.310 e. The maximum atomic E-state index is 11.0. The van der Waals surface area contributed by atoms with Gasteiger partial charge in [0, 0.05) is 13.2 Å². The number of carboxylic acid groups (broad SMARTS) is 1. The van der Waals surface area contributed by atoms with Crippen molar-refractivity contribution < 1.29 is 14.6 Å². The van der Waals surface area contributed by atoms with E-state index < -0.39 is 11.9 Å². The average Bonchev–Trinajstić information content (AvgIpc) is 2.41. The van der Waals surface area contributed by atoms with Gasteiger partial charge in [0.25, 0.3) is 0 Å². The van der Waals surface area contributed by atoms with Crippen LogP contribution in [0.15, 0.2) is 0 Å². The molecule has 0 aromatic heterocycles. The van der Waals surface area contributed by atoms with Gasteiger partial charge in [0.1, 0.15) is 0 Å². The van der Waals surface area contributed by atoms with E-state index in [0.29, 0.717) is 6.61 Å². The topological polar surface area (TPSA) is 58.6 Å². The molecule has 0 saturated carbocycles. The summed E-state index contributed by atoms with van der Waals surface area (Å²) in [5.41, 5.74) is 0. The number of hydrogen-bond acceptors (Lipinski definition) is 3. The fourth-order valence-electron chi connectivity index (χ4n) is 1.94.